The fraction of sp³-hybridized carbons (Fsp3) is 0.250. The van der Waals surface area contributed by atoms with Crippen LogP contribution in [0.1, 0.15) is 0 Å². The van der Waals surface area contributed by atoms with Crippen LogP contribution in [0.25, 0.3) is 0 Å². The molecule has 1 aromatic carbocycles. The number of non-ortho nitro benzene ring substituents is 2. The van der Waals surface area contributed by atoms with Gasteiger partial charge in [-0.2, -0.15) is 0 Å². The molecule has 0 aliphatic rings. The highest BCUT2D eigenvalue weighted by Crippen LogP contribution is 2.25. The average Bonchev–Trinajstić information content (AvgIpc) is 2.28. The van der Waals surface area contributed by atoms with E-state index in [1.807, 2.05) is 0 Å². The van der Waals surface area contributed by atoms with Gasteiger partial charge < -0.3 is 5.11 Å². The first kappa shape index (κ1) is 14.0. The van der Waals surface area contributed by atoms with Gasteiger partial charge in [0, 0.05) is 12.1 Å². The van der Waals surface area contributed by atoms with Crippen LogP contribution in [0.2, 0.25) is 0 Å². The summed E-state index contributed by atoms with van der Waals surface area (Å²) in [6.07, 6.45) is 0. The Morgan fingerprint density at radius 1 is 1.06 bits per heavy atom. The molecule has 0 aliphatic carbocycles. The minimum atomic E-state index is -3.98. The number of hydrogen-bond donors (Lipinski definition) is 1. The number of aliphatic hydroxyl groups excluding tert-OH is 1. The largest absolute Gasteiger partial charge is 0.395 e. The van der Waals surface area contributed by atoms with Crippen LogP contribution in [-0.2, 0) is 9.84 Å². The predicted molar refractivity (Wildman–Crippen MR) is 58.9 cm³/mol. The van der Waals surface area contributed by atoms with Gasteiger partial charge in [-0.15, -0.1) is 0 Å². The van der Waals surface area contributed by atoms with E-state index >= 15 is 0 Å². The van der Waals surface area contributed by atoms with E-state index in [4.69, 9.17) is 5.11 Å². The maximum Gasteiger partial charge on any atom is 0.277 e. The highest BCUT2D eigenvalue weighted by atomic mass is 32.2. The van der Waals surface area contributed by atoms with Gasteiger partial charge in [-0.05, 0) is 0 Å². The quantitative estimate of drug-likeness (QED) is 0.600. The fourth-order valence-electron chi connectivity index (χ4n) is 1.20. The van der Waals surface area contributed by atoms with Crippen LogP contribution in [0.15, 0.2) is 23.1 Å². The van der Waals surface area contributed by atoms with Gasteiger partial charge in [-0.25, -0.2) is 8.42 Å². The number of nitro benzene ring substituents is 2. The average molecular weight is 276 g/mol. The molecule has 0 radical (unpaired) electrons. The van der Waals surface area contributed by atoms with E-state index in [1.54, 1.807) is 0 Å². The van der Waals surface area contributed by atoms with Gasteiger partial charge in [0.05, 0.1) is 33.2 Å². The van der Waals surface area contributed by atoms with Crippen molar-refractivity contribution >= 4 is 21.2 Å². The molecule has 0 aliphatic heterocycles. The maximum absolute atomic E-state index is 11.6. The summed E-state index contributed by atoms with van der Waals surface area (Å²) in [6.45, 7) is -0.682. The molecular formula is C8H8N2O7S. The highest BCUT2D eigenvalue weighted by molar-refractivity contribution is 7.91. The van der Waals surface area contributed by atoms with Gasteiger partial charge in [0.15, 0.2) is 9.84 Å². The first-order valence-corrected chi connectivity index (χ1v) is 6.20. The van der Waals surface area contributed by atoms with E-state index in [1.165, 1.54) is 0 Å². The Morgan fingerprint density at radius 2 is 1.50 bits per heavy atom. The van der Waals surface area contributed by atoms with Crippen LogP contribution in [0, 0.1) is 20.2 Å². The van der Waals surface area contributed by atoms with E-state index in [0.29, 0.717) is 6.07 Å². The molecule has 1 aromatic rings. The van der Waals surface area contributed by atoms with Crippen LogP contribution in [0.3, 0.4) is 0 Å². The van der Waals surface area contributed by atoms with Crippen molar-refractivity contribution in [3.63, 3.8) is 0 Å². The molecule has 10 heteroatoms. The zero-order chi connectivity index (χ0) is 13.9. The lowest BCUT2D eigenvalue weighted by Crippen LogP contribution is -2.10. The van der Waals surface area contributed by atoms with Gasteiger partial charge in [-0.3, -0.25) is 20.2 Å². The molecule has 0 spiro atoms. The normalized spacial score (nSPS) is 11.2. The van der Waals surface area contributed by atoms with Crippen molar-refractivity contribution in [2.24, 2.45) is 0 Å². The van der Waals surface area contributed by atoms with Crippen LogP contribution >= 0.6 is 0 Å². The van der Waals surface area contributed by atoms with Crippen LogP contribution in [-0.4, -0.2) is 35.7 Å². The van der Waals surface area contributed by atoms with Crippen molar-refractivity contribution in [2.45, 2.75) is 4.90 Å². The van der Waals surface area contributed by atoms with Gasteiger partial charge in [-0.1, -0.05) is 0 Å². The molecule has 0 atom stereocenters. The lowest BCUT2D eigenvalue weighted by atomic mass is 10.3. The fourth-order valence-corrected chi connectivity index (χ4v) is 2.27. The van der Waals surface area contributed by atoms with Gasteiger partial charge >= 0.3 is 0 Å². The lowest BCUT2D eigenvalue weighted by Gasteiger charge is -2.02. The van der Waals surface area contributed by atoms with Crippen LogP contribution in [0.5, 0.6) is 0 Å². The Hall–Kier alpha value is -2.07. The summed E-state index contributed by atoms with van der Waals surface area (Å²) in [7, 11) is -3.98. The third kappa shape index (κ3) is 2.99. The Bertz CT molecular complexity index is 563. The lowest BCUT2D eigenvalue weighted by molar-refractivity contribution is -0.394. The maximum atomic E-state index is 11.6. The summed E-state index contributed by atoms with van der Waals surface area (Å²) < 4.78 is 23.2. The standard InChI is InChI=1S/C8H8N2O7S/c11-1-2-18(16,17)8-4-6(9(12)13)3-7(5-8)10(14)15/h3-5,11H,1-2H2. The minimum Gasteiger partial charge on any atom is -0.395 e. The number of rotatable bonds is 5. The number of benzene rings is 1. The van der Waals surface area contributed by atoms with Crippen molar-refractivity contribution in [1.29, 1.82) is 0 Å². The molecule has 0 amide bonds. The zero-order valence-corrected chi connectivity index (χ0v) is 9.66. The van der Waals surface area contributed by atoms with Crippen LogP contribution < -0.4 is 0 Å². The Morgan fingerprint density at radius 3 is 1.83 bits per heavy atom. The number of nitro groups is 2. The predicted octanol–water partition coefficient (Wildman–Crippen LogP) is 0.269. The highest BCUT2D eigenvalue weighted by Gasteiger charge is 2.23. The van der Waals surface area contributed by atoms with E-state index in [0.717, 1.165) is 12.1 Å². The first-order chi connectivity index (χ1) is 8.27. The molecule has 1 rings (SSSR count). The topological polar surface area (TPSA) is 141 Å². The Labute approximate surface area is 101 Å². The molecule has 0 saturated heterocycles. The molecule has 0 aromatic heterocycles. The molecule has 0 bridgehead atoms. The van der Waals surface area contributed by atoms with Crippen molar-refractivity contribution in [3.05, 3.63) is 38.4 Å². The second-order valence-corrected chi connectivity index (χ2v) is 5.35. The van der Waals surface area contributed by atoms with Crippen molar-refractivity contribution in [3.8, 4) is 0 Å². The smallest absolute Gasteiger partial charge is 0.277 e. The number of hydrogen-bond acceptors (Lipinski definition) is 7. The summed E-state index contributed by atoms with van der Waals surface area (Å²) in [5.41, 5.74) is -1.39. The van der Waals surface area contributed by atoms with Crippen molar-refractivity contribution < 1.29 is 23.4 Å². The molecule has 0 fully saturated rings. The molecular weight excluding hydrogens is 268 g/mol. The summed E-state index contributed by atoms with van der Waals surface area (Å²) in [5, 5.41) is 29.7. The SMILES string of the molecule is O=[N+]([O-])c1cc([N+](=O)[O-])cc(S(=O)(=O)CCO)c1. The second kappa shape index (κ2) is 5.06. The first-order valence-electron chi connectivity index (χ1n) is 4.55. The molecule has 1 N–H and O–H groups in total. The monoisotopic (exact) mass is 276 g/mol. The van der Waals surface area contributed by atoms with Crippen molar-refractivity contribution in [2.75, 3.05) is 12.4 Å². The third-order valence-electron chi connectivity index (χ3n) is 2.02. The summed E-state index contributed by atoms with van der Waals surface area (Å²) >= 11 is 0. The Balaban J connectivity index is 3.45. The molecule has 9 nitrogen and oxygen atoms in total. The molecule has 0 unspecified atom stereocenters. The third-order valence-corrected chi connectivity index (χ3v) is 3.69. The number of sulfone groups is 1. The van der Waals surface area contributed by atoms with Gasteiger partial charge in [0.1, 0.15) is 0 Å². The molecule has 18 heavy (non-hydrogen) atoms. The van der Waals surface area contributed by atoms with Gasteiger partial charge in [0.25, 0.3) is 11.4 Å². The summed E-state index contributed by atoms with van der Waals surface area (Å²) in [5.74, 6) is -0.661. The van der Waals surface area contributed by atoms with E-state index in [-0.39, 0.29) is 0 Å². The van der Waals surface area contributed by atoms with Gasteiger partial charge in [0.2, 0.25) is 0 Å². The summed E-state index contributed by atoms with van der Waals surface area (Å²) in [4.78, 5) is 18.7. The number of nitrogens with zero attached hydrogens (tertiary/aromatic N) is 2. The van der Waals surface area contributed by atoms with Crippen LogP contribution in [0.4, 0.5) is 11.4 Å². The van der Waals surface area contributed by atoms with E-state index in [2.05, 4.69) is 0 Å². The van der Waals surface area contributed by atoms with Crippen molar-refractivity contribution in [1.82, 2.24) is 0 Å². The van der Waals surface area contributed by atoms with E-state index in [9.17, 15) is 28.6 Å². The van der Waals surface area contributed by atoms with E-state index < -0.39 is 48.3 Å². The Kier molecular flexibility index (Phi) is 3.93. The minimum absolute atomic E-state index is 0.558. The molecule has 98 valence electrons. The second-order valence-electron chi connectivity index (χ2n) is 3.24. The zero-order valence-electron chi connectivity index (χ0n) is 8.85. The summed E-state index contributed by atoms with van der Waals surface area (Å²) in [6, 6.07) is 2.11. The molecule has 0 heterocycles. The number of aliphatic hydroxyl groups is 1. The molecule has 0 saturated carbocycles.